The predicted octanol–water partition coefficient (Wildman–Crippen LogP) is 0.270. The SMILES string of the molecule is COC(=O)CCN(C)C1CCOC1. The van der Waals surface area contributed by atoms with Crippen LogP contribution < -0.4 is 0 Å². The summed E-state index contributed by atoms with van der Waals surface area (Å²) in [6.45, 7) is 2.38. The lowest BCUT2D eigenvalue weighted by molar-refractivity contribution is -0.141. The Kier molecular flexibility index (Phi) is 4.18. The van der Waals surface area contributed by atoms with Gasteiger partial charge in [-0.1, -0.05) is 0 Å². The summed E-state index contributed by atoms with van der Waals surface area (Å²) < 4.78 is 9.82. The highest BCUT2D eigenvalue weighted by Gasteiger charge is 2.20. The Morgan fingerprint density at radius 2 is 2.46 bits per heavy atom. The fraction of sp³-hybridized carbons (Fsp3) is 0.889. The van der Waals surface area contributed by atoms with Crippen LogP contribution in [0.4, 0.5) is 0 Å². The number of hydrogen-bond acceptors (Lipinski definition) is 4. The molecule has 1 atom stereocenters. The Balaban J connectivity index is 2.16. The first kappa shape index (κ1) is 10.5. The summed E-state index contributed by atoms with van der Waals surface area (Å²) in [5.74, 6) is -0.147. The topological polar surface area (TPSA) is 38.8 Å². The molecule has 0 bridgehead atoms. The monoisotopic (exact) mass is 187 g/mol. The minimum absolute atomic E-state index is 0.147. The van der Waals surface area contributed by atoms with E-state index < -0.39 is 0 Å². The van der Waals surface area contributed by atoms with Crippen molar-refractivity contribution in [3.05, 3.63) is 0 Å². The first-order valence-corrected chi connectivity index (χ1v) is 4.59. The Labute approximate surface area is 78.8 Å². The van der Waals surface area contributed by atoms with Gasteiger partial charge in [-0.3, -0.25) is 4.79 Å². The van der Waals surface area contributed by atoms with Crippen molar-refractivity contribution in [1.29, 1.82) is 0 Å². The van der Waals surface area contributed by atoms with Gasteiger partial charge in [0.1, 0.15) is 0 Å². The van der Waals surface area contributed by atoms with Crippen LogP contribution in [0.1, 0.15) is 12.8 Å². The van der Waals surface area contributed by atoms with Crippen LogP contribution in [0.2, 0.25) is 0 Å². The van der Waals surface area contributed by atoms with Gasteiger partial charge in [-0.05, 0) is 13.5 Å². The zero-order valence-corrected chi connectivity index (χ0v) is 8.28. The third-order valence-electron chi connectivity index (χ3n) is 2.43. The molecule has 0 aliphatic carbocycles. The number of nitrogens with zero attached hydrogens (tertiary/aromatic N) is 1. The molecule has 1 heterocycles. The Morgan fingerprint density at radius 1 is 1.69 bits per heavy atom. The Bertz CT molecular complexity index is 166. The molecule has 0 saturated carbocycles. The maximum Gasteiger partial charge on any atom is 0.306 e. The van der Waals surface area contributed by atoms with Crippen molar-refractivity contribution >= 4 is 5.97 Å². The third-order valence-corrected chi connectivity index (χ3v) is 2.43. The van der Waals surface area contributed by atoms with Crippen LogP contribution in [-0.4, -0.2) is 50.8 Å². The smallest absolute Gasteiger partial charge is 0.306 e. The van der Waals surface area contributed by atoms with Crippen LogP contribution in [-0.2, 0) is 14.3 Å². The molecule has 0 spiro atoms. The van der Waals surface area contributed by atoms with Crippen LogP contribution in [0.5, 0.6) is 0 Å². The zero-order valence-electron chi connectivity index (χ0n) is 8.28. The second kappa shape index (κ2) is 5.19. The molecule has 0 amide bonds. The Morgan fingerprint density at radius 3 is 3.00 bits per heavy atom. The molecule has 1 rings (SSSR count). The van der Waals surface area contributed by atoms with Gasteiger partial charge in [0.2, 0.25) is 0 Å². The predicted molar refractivity (Wildman–Crippen MR) is 48.5 cm³/mol. The van der Waals surface area contributed by atoms with Crippen molar-refractivity contribution in [2.24, 2.45) is 0 Å². The molecule has 1 aliphatic rings. The fourth-order valence-corrected chi connectivity index (χ4v) is 1.42. The number of hydrogen-bond donors (Lipinski definition) is 0. The van der Waals surface area contributed by atoms with E-state index in [9.17, 15) is 4.79 Å². The summed E-state index contributed by atoms with van der Waals surface area (Å²) in [5, 5.41) is 0. The summed E-state index contributed by atoms with van der Waals surface area (Å²) in [6, 6.07) is 0.477. The van der Waals surface area contributed by atoms with Crippen molar-refractivity contribution in [3.8, 4) is 0 Å². The molecular formula is C9H17NO3. The third kappa shape index (κ3) is 3.32. The lowest BCUT2D eigenvalue weighted by atomic mass is 10.2. The van der Waals surface area contributed by atoms with Crippen LogP contribution in [0, 0.1) is 0 Å². The number of ether oxygens (including phenoxy) is 2. The fourth-order valence-electron chi connectivity index (χ4n) is 1.42. The molecule has 1 saturated heterocycles. The molecule has 0 aromatic rings. The van der Waals surface area contributed by atoms with Gasteiger partial charge in [-0.15, -0.1) is 0 Å². The van der Waals surface area contributed by atoms with E-state index >= 15 is 0 Å². The van der Waals surface area contributed by atoms with E-state index in [4.69, 9.17) is 4.74 Å². The maximum absolute atomic E-state index is 10.9. The molecule has 1 aliphatic heterocycles. The van der Waals surface area contributed by atoms with Crippen LogP contribution in [0.25, 0.3) is 0 Å². The highest BCUT2D eigenvalue weighted by Crippen LogP contribution is 2.10. The van der Waals surface area contributed by atoms with Crippen molar-refractivity contribution in [3.63, 3.8) is 0 Å². The second-order valence-electron chi connectivity index (χ2n) is 3.32. The van der Waals surface area contributed by atoms with Crippen molar-refractivity contribution < 1.29 is 14.3 Å². The zero-order chi connectivity index (χ0) is 9.68. The number of methoxy groups -OCH3 is 1. The summed E-state index contributed by atoms with van der Waals surface area (Å²) >= 11 is 0. The van der Waals surface area contributed by atoms with Crippen LogP contribution in [0.15, 0.2) is 0 Å². The molecule has 1 fully saturated rings. The molecule has 0 aromatic heterocycles. The van der Waals surface area contributed by atoms with Crippen molar-refractivity contribution in [2.75, 3.05) is 33.9 Å². The van der Waals surface area contributed by atoms with Gasteiger partial charge >= 0.3 is 5.97 Å². The van der Waals surface area contributed by atoms with Crippen molar-refractivity contribution in [2.45, 2.75) is 18.9 Å². The molecule has 0 N–H and O–H groups in total. The largest absolute Gasteiger partial charge is 0.469 e. The van der Waals surface area contributed by atoms with Crippen LogP contribution in [0.3, 0.4) is 0 Å². The van der Waals surface area contributed by atoms with Gasteiger partial charge in [0.15, 0.2) is 0 Å². The number of esters is 1. The Hall–Kier alpha value is -0.610. The van der Waals surface area contributed by atoms with E-state index in [2.05, 4.69) is 9.64 Å². The molecule has 0 radical (unpaired) electrons. The minimum atomic E-state index is -0.147. The molecular weight excluding hydrogens is 170 g/mol. The average molecular weight is 187 g/mol. The molecule has 4 heteroatoms. The first-order chi connectivity index (χ1) is 6.24. The summed E-state index contributed by atoms with van der Waals surface area (Å²) in [5.41, 5.74) is 0. The minimum Gasteiger partial charge on any atom is -0.469 e. The lowest BCUT2D eigenvalue weighted by Crippen LogP contribution is -2.33. The average Bonchev–Trinajstić information content (AvgIpc) is 2.66. The van der Waals surface area contributed by atoms with Gasteiger partial charge in [0.05, 0.1) is 20.1 Å². The number of likely N-dealkylation sites (N-methyl/N-ethyl adjacent to an activating group) is 1. The van der Waals surface area contributed by atoms with Crippen LogP contribution >= 0.6 is 0 Å². The maximum atomic E-state index is 10.9. The van der Waals surface area contributed by atoms with E-state index in [1.165, 1.54) is 7.11 Å². The molecule has 1 unspecified atom stereocenters. The van der Waals surface area contributed by atoms with E-state index in [1.807, 2.05) is 7.05 Å². The molecule has 76 valence electrons. The summed E-state index contributed by atoms with van der Waals surface area (Å²) in [4.78, 5) is 13.0. The van der Waals surface area contributed by atoms with Crippen molar-refractivity contribution in [1.82, 2.24) is 4.90 Å². The molecule has 13 heavy (non-hydrogen) atoms. The number of carbonyl (C=O) groups excluding carboxylic acids is 1. The van der Waals surface area contributed by atoms with Gasteiger partial charge in [0.25, 0.3) is 0 Å². The standard InChI is InChI=1S/C9H17NO3/c1-10(5-3-9(11)12-2)8-4-6-13-7-8/h8H,3-7H2,1-2H3. The van der Waals surface area contributed by atoms with E-state index in [1.54, 1.807) is 0 Å². The van der Waals surface area contributed by atoms with Gasteiger partial charge < -0.3 is 14.4 Å². The van der Waals surface area contributed by atoms with Gasteiger partial charge in [0, 0.05) is 19.2 Å². The quantitative estimate of drug-likeness (QED) is 0.592. The van der Waals surface area contributed by atoms with E-state index in [0.29, 0.717) is 12.5 Å². The summed E-state index contributed by atoms with van der Waals surface area (Å²) in [7, 11) is 3.43. The normalized spacial score (nSPS) is 22.2. The highest BCUT2D eigenvalue weighted by atomic mass is 16.5. The molecule has 0 aromatic carbocycles. The number of carbonyl (C=O) groups is 1. The van der Waals surface area contributed by atoms with E-state index in [-0.39, 0.29) is 5.97 Å². The molecule has 4 nitrogen and oxygen atoms in total. The first-order valence-electron chi connectivity index (χ1n) is 4.59. The number of rotatable bonds is 4. The summed E-state index contributed by atoms with van der Waals surface area (Å²) in [6.07, 6.45) is 1.53. The lowest BCUT2D eigenvalue weighted by Gasteiger charge is -2.21. The van der Waals surface area contributed by atoms with E-state index in [0.717, 1.165) is 26.2 Å². The van der Waals surface area contributed by atoms with Gasteiger partial charge in [-0.25, -0.2) is 0 Å². The van der Waals surface area contributed by atoms with Gasteiger partial charge in [-0.2, -0.15) is 0 Å². The highest BCUT2D eigenvalue weighted by molar-refractivity contribution is 5.69. The second-order valence-corrected chi connectivity index (χ2v) is 3.32.